The maximum atomic E-state index is 15.2. The first-order chi connectivity index (χ1) is 56.5. The Kier molecular flexibility index (Phi) is 35.8. The lowest BCUT2D eigenvalue weighted by Gasteiger charge is -2.31. The van der Waals surface area contributed by atoms with Crippen molar-refractivity contribution in [3.8, 4) is 23.0 Å². The maximum Gasteiger partial charge on any atom is 0.327 e. The number of nitrogens with zero attached hydrogens (tertiary/aromatic N) is 4. The summed E-state index contributed by atoms with van der Waals surface area (Å²) in [5.41, 5.74) is 12.0. The van der Waals surface area contributed by atoms with Crippen LogP contribution in [-0.2, 0) is 52.9 Å². The average Bonchev–Trinajstić information content (AvgIpc) is 1.67. The van der Waals surface area contributed by atoms with Crippen LogP contribution in [0.3, 0.4) is 0 Å². The van der Waals surface area contributed by atoms with E-state index in [1.54, 1.807) is 42.5 Å². The average molecular weight is 1700 g/mol. The van der Waals surface area contributed by atoms with Crippen LogP contribution in [-0.4, -0.2) is 207 Å². The van der Waals surface area contributed by atoms with Crippen LogP contribution in [0.5, 0.6) is 23.0 Å². The second kappa shape index (κ2) is 44.4. The van der Waals surface area contributed by atoms with Gasteiger partial charge in [-0.3, -0.25) is 14.4 Å². The number of aliphatic hydroxyl groups is 4. The molecule has 29 heteroatoms. The van der Waals surface area contributed by atoms with Gasteiger partial charge in [-0.15, -0.1) is 0 Å². The summed E-state index contributed by atoms with van der Waals surface area (Å²) in [5, 5.41) is 50.2. The van der Waals surface area contributed by atoms with E-state index in [4.69, 9.17) is 24.7 Å². The largest absolute Gasteiger partial charge is 0.494 e. The SMILES string of the molecule is C.C.C.COc1ccc(C(O)[C@@H](CN2CCCC2)NC(=O)C(F)(F)C2Cc3ccccc3C2)cc1F.COc1ccc(C(O)[C@H](N)CN2CCCC2)cc1F.COc1ccc([C@@H](O)[C@@H](CN2CCCC2)NC(=O)C(F)(F)C2Cc3ccccc3C2)cc1F.COc1ccc([C@H](O)[C@@H](CN2CCCC2)NC(=O)C(F)(F)C2Cc3ccccc3C2)cc1F. The summed E-state index contributed by atoms with van der Waals surface area (Å²) >= 11 is 0. The number of nitrogens with one attached hydrogen (secondary N) is 3. The molecular weight excluding hydrogens is 1580 g/mol. The highest BCUT2D eigenvalue weighted by Crippen LogP contribution is 2.42. The van der Waals surface area contributed by atoms with Gasteiger partial charge in [-0.2, -0.15) is 26.3 Å². The number of alkyl halides is 6. The number of methoxy groups -OCH3 is 4. The second-order valence-corrected chi connectivity index (χ2v) is 31.8. The van der Waals surface area contributed by atoms with Gasteiger partial charge in [0.25, 0.3) is 17.7 Å². The van der Waals surface area contributed by atoms with Gasteiger partial charge >= 0.3 is 17.8 Å². The first-order valence-electron chi connectivity index (χ1n) is 40.5. The number of hydrogen-bond acceptors (Lipinski definition) is 16. The number of likely N-dealkylation sites (tertiary alicyclic amines) is 4. The van der Waals surface area contributed by atoms with E-state index in [0.29, 0.717) is 12.1 Å². The summed E-state index contributed by atoms with van der Waals surface area (Å²) in [6, 6.07) is 34.5. The minimum atomic E-state index is -3.60. The summed E-state index contributed by atoms with van der Waals surface area (Å²) < 4.78 is 167. The highest BCUT2D eigenvalue weighted by molar-refractivity contribution is 5.85. The molecule has 0 saturated carbocycles. The van der Waals surface area contributed by atoms with Crippen molar-refractivity contribution in [1.82, 2.24) is 35.6 Å². The Bertz CT molecular complexity index is 4040. The number of nitrogens with two attached hydrogens (primary N) is 1. The summed E-state index contributed by atoms with van der Waals surface area (Å²) in [4.78, 5) is 46.7. The van der Waals surface area contributed by atoms with Gasteiger partial charge in [0.05, 0.1) is 52.7 Å². The first-order valence-corrected chi connectivity index (χ1v) is 40.5. The molecule has 0 radical (unpaired) electrons. The molecule has 14 rings (SSSR count). The Morgan fingerprint density at radius 1 is 0.355 bits per heavy atom. The van der Waals surface area contributed by atoms with E-state index in [0.717, 1.165) is 142 Å². The highest BCUT2D eigenvalue weighted by Gasteiger charge is 2.53. The number of benzene rings is 7. The van der Waals surface area contributed by atoms with Crippen LogP contribution in [0.1, 0.15) is 154 Å². The van der Waals surface area contributed by atoms with Crippen LogP contribution < -0.4 is 40.6 Å². The molecular formula is C92H120F10N8O11. The Balaban J connectivity index is 0.000000202. The second-order valence-electron chi connectivity index (χ2n) is 31.8. The summed E-state index contributed by atoms with van der Waals surface area (Å²) in [6.07, 6.45) is 3.96. The van der Waals surface area contributed by atoms with E-state index in [1.165, 1.54) is 89.8 Å². The van der Waals surface area contributed by atoms with Crippen molar-refractivity contribution in [1.29, 1.82) is 0 Å². The summed E-state index contributed by atoms with van der Waals surface area (Å²) in [7, 11) is 5.39. The van der Waals surface area contributed by atoms with Gasteiger partial charge in [0.2, 0.25) is 0 Å². The van der Waals surface area contributed by atoms with Gasteiger partial charge in [-0.1, -0.05) is 119 Å². The van der Waals surface area contributed by atoms with E-state index in [2.05, 4.69) is 20.9 Å². The van der Waals surface area contributed by atoms with Gasteiger partial charge in [0, 0.05) is 50.0 Å². The zero-order valence-corrected chi connectivity index (χ0v) is 66.9. The Morgan fingerprint density at radius 2 is 0.554 bits per heavy atom. The maximum absolute atomic E-state index is 15.2. The fraction of sp³-hybridized carbons (Fsp3) is 0.511. The lowest BCUT2D eigenvalue weighted by atomic mass is 9.95. The molecule has 8 atom stereocenters. The highest BCUT2D eigenvalue weighted by atomic mass is 19.3. The normalized spacial score (nSPS) is 18.3. The van der Waals surface area contributed by atoms with Crippen molar-refractivity contribution in [2.45, 2.75) is 179 Å². The number of hydrogen-bond donors (Lipinski definition) is 8. The number of rotatable bonds is 29. The molecule has 121 heavy (non-hydrogen) atoms. The topological polar surface area (TPSA) is 244 Å². The van der Waals surface area contributed by atoms with Crippen molar-refractivity contribution >= 4 is 17.7 Å². The molecule has 19 nitrogen and oxygen atoms in total. The number of amides is 3. The summed E-state index contributed by atoms with van der Waals surface area (Å²) in [5.74, 6) is -20.7. The van der Waals surface area contributed by atoms with E-state index < -0.39 is 125 Å². The fourth-order valence-electron chi connectivity index (χ4n) is 17.0. The zero-order chi connectivity index (χ0) is 84.6. The molecule has 4 aliphatic heterocycles. The predicted molar refractivity (Wildman–Crippen MR) is 445 cm³/mol. The number of carbonyl (C=O) groups is 3. The molecule has 3 aliphatic carbocycles. The Labute approximate surface area is 704 Å². The zero-order valence-electron chi connectivity index (χ0n) is 66.9. The van der Waals surface area contributed by atoms with Crippen LogP contribution in [0.15, 0.2) is 146 Å². The number of halogens is 10. The molecule has 2 unspecified atom stereocenters. The number of fused-ring (bicyclic) bond motifs is 3. The number of ether oxygens (including phenoxy) is 4. The van der Waals surface area contributed by atoms with Crippen molar-refractivity contribution in [3.05, 3.63) is 224 Å². The summed E-state index contributed by atoms with van der Waals surface area (Å²) in [6.45, 7) is 7.80. The third kappa shape index (κ3) is 24.5. The molecule has 9 N–H and O–H groups in total. The van der Waals surface area contributed by atoms with Crippen molar-refractivity contribution in [2.75, 3.05) is 107 Å². The van der Waals surface area contributed by atoms with Gasteiger partial charge in [-0.25, -0.2) is 17.6 Å². The van der Waals surface area contributed by atoms with Crippen LogP contribution >= 0.6 is 0 Å². The molecule has 4 heterocycles. The molecule has 0 bridgehead atoms. The van der Waals surface area contributed by atoms with Gasteiger partial charge in [-0.05, 0) is 246 Å². The molecule has 0 aromatic heterocycles. The van der Waals surface area contributed by atoms with Gasteiger partial charge in [0.1, 0.15) is 18.3 Å². The van der Waals surface area contributed by atoms with E-state index in [-0.39, 0.29) is 120 Å². The van der Waals surface area contributed by atoms with Crippen molar-refractivity contribution in [3.63, 3.8) is 0 Å². The van der Waals surface area contributed by atoms with Crippen LogP contribution in [0.4, 0.5) is 43.9 Å². The standard InChI is InChI=1S/3C25H29F3N2O3.C14H21FN2O2.3CH4/c3*1-33-22-9-8-18(14-20(22)26)23(31)21(15-30-10-4-5-11-30)29-24(32)25(27,28)19-12-16-6-2-3-7-17(16)13-19;1-19-13-5-4-10(8-11(13)15)14(18)12(16)9-17-6-2-3-7-17;;;/h3*2-3,6-9,14,19,21,23,31H,4-5,10-13,15H2,1H3,(H,29,32);4-5,8,12,14,18H,2-3,6-7,9,16H2,1H3;3*1H4/t21-,23?;21-,23+;21-,23-;12-,14?;;;/m1111.../s1. The first kappa shape index (κ1) is 97.5. The molecule has 4 saturated heterocycles. The molecule has 7 aromatic carbocycles. The lowest BCUT2D eigenvalue weighted by molar-refractivity contribution is -0.155. The molecule has 4 fully saturated rings. The van der Waals surface area contributed by atoms with Crippen molar-refractivity contribution in [2.24, 2.45) is 23.5 Å². The van der Waals surface area contributed by atoms with Crippen LogP contribution in [0.2, 0.25) is 0 Å². The van der Waals surface area contributed by atoms with Crippen LogP contribution in [0, 0.1) is 41.0 Å². The number of carbonyl (C=O) groups excluding carboxylic acids is 3. The fourth-order valence-corrected chi connectivity index (χ4v) is 17.0. The third-order valence-electron chi connectivity index (χ3n) is 23.8. The lowest BCUT2D eigenvalue weighted by Crippen LogP contribution is -2.54. The molecule has 664 valence electrons. The molecule has 7 aliphatic rings. The number of aliphatic hydroxyl groups excluding tert-OH is 4. The predicted octanol–water partition coefficient (Wildman–Crippen LogP) is 13.7. The van der Waals surface area contributed by atoms with E-state index >= 15 is 26.3 Å². The molecule has 7 aromatic rings. The third-order valence-corrected chi connectivity index (χ3v) is 23.8. The van der Waals surface area contributed by atoms with Crippen molar-refractivity contribution < 1.29 is 97.7 Å². The minimum Gasteiger partial charge on any atom is -0.494 e. The monoisotopic (exact) mass is 1700 g/mol. The molecule has 0 spiro atoms. The van der Waals surface area contributed by atoms with E-state index in [1.807, 2.05) is 51.1 Å². The quantitative estimate of drug-likeness (QED) is 0.0203. The van der Waals surface area contributed by atoms with E-state index in [9.17, 15) is 52.4 Å². The smallest absolute Gasteiger partial charge is 0.327 e. The van der Waals surface area contributed by atoms with Crippen LogP contribution in [0.25, 0.3) is 0 Å². The molecule has 3 amide bonds. The Hall–Kier alpha value is -8.91. The van der Waals surface area contributed by atoms with Gasteiger partial charge in [0.15, 0.2) is 46.3 Å². The minimum absolute atomic E-state index is 0. The van der Waals surface area contributed by atoms with Gasteiger partial charge < -0.3 is 80.7 Å². The Morgan fingerprint density at radius 3 is 0.752 bits per heavy atom.